The first-order valence-corrected chi connectivity index (χ1v) is 7.46. The number of rotatable bonds is 4. The van der Waals surface area contributed by atoms with Gasteiger partial charge in [-0.2, -0.15) is 0 Å². The lowest BCUT2D eigenvalue weighted by Gasteiger charge is -2.45. The Labute approximate surface area is 137 Å². The van der Waals surface area contributed by atoms with Crippen molar-refractivity contribution in [1.29, 1.82) is 0 Å². The molecule has 11 nitrogen and oxygen atoms in total. The van der Waals surface area contributed by atoms with Crippen LogP contribution in [0.25, 0.3) is 0 Å². The van der Waals surface area contributed by atoms with Crippen LogP contribution in [0.1, 0.15) is 6.92 Å². The van der Waals surface area contributed by atoms with Crippen molar-refractivity contribution in [2.75, 3.05) is 13.2 Å². The number of hydrogen-bond acceptors (Lipinski definition) is 11. The average Bonchev–Trinajstić information content (AvgIpc) is 2.54. The summed E-state index contributed by atoms with van der Waals surface area (Å²) in [6, 6.07) is 0. The topological polar surface area (TPSA) is 190 Å². The molecule has 2 saturated heterocycles. The molecule has 0 aromatic carbocycles. The van der Waals surface area contributed by atoms with E-state index < -0.39 is 74.1 Å². The summed E-state index contributed by atoms with van der Waals surface area (Å²) in [6.07, 6.45) is -13.7. The highest BCUT2D eigenvalue weighted by Crippen LogP contribution is 2.29. The third-order valence-electron chi connectivity index (χ3n) is 4.27. The summed E-state index contributed by atoms with van der Waals surface area (Å²) >= 11 is 0. The highest BCUT2D eigenvalue weighted by atomic mass is 16.7. The van der Waals surface area contributed by atoms with Gasteiger partial charge >= 0.3 is 0 Å². The summed E-state index contributed by atoms with van der Waals surface area (Å²) in [5.41, 5.74) is 0. The highest BCUT2D eigenvalue weighted by Gasteiger charge is 2.51. The van der Waals surface area contributed by atoms with Crippen molar-refractivity contribution in [3.8, 4) is 0 Å². The van der Waals surface area contributed by atoms with E-state index in [9.17, 15) is 35.7 Å². The molecular formula is C13H24O11. The van der Waals surface area contributed by atoms with Crippen LogP contribution in [0.15, 0.2) is 0 Å². The lowest BCUT2D eigenvalue weighted by atomic mass is 9.93. The molecule has 0 radical (unpaired) electrons. The maximum Gasteiger partial charge on any atom is 0.192 e. The summed E-state index contributed by atoms with van der Waals surface area (Å²) in [7, 11) is 0. The van der Waals surface area contributed by atoms with Crippen molar-refractivity contribution in [1.82, 2.24) is 0 Å². The Hall–Kier alpha value is -0.440. The van der Waals surface area contributed by atoms with Crippen LogP contribution in [0.2, 0.25) is 0 Å². The first kappa shape index (κ1) is 19.9. The van der Waals surface area contributed by atoms with E-state index in [-0.39, 0.29) is 0 Å². The molecule has 0 amide bonds. The molecule has 0 unspecified atom stereocenters. The van der Waals surface area contributed by atoms with Crippen LogP contribution < -0.4 is 0 Å². The summed E-state index contributed by atoms with van der Waals surface area (Å²) < 4.78 is 15.4. The van der Waals surface area contributed by atoms with Gasteiger partial charge in [0.1, 0.15) is 48.8 Å². The van der Waals surface area contributed by atoms with Crippen molar-refractivity contribution in [3.63, 3.8) is 0 Å². The van der Waals surface area contributed by atoms with Gasteiger partial charge in [-0.25, -0.2) is 0 Å². The molecule has 0 aromatic heterocycles. The van der Waals surface area contributed by atoms with Crippen LogP contribution in [-0.4, -0.2) is 115 Å². The first-order valence-electron chi connectivity index (χ1n) is 7.46. The van der Waals surface area contributed by atoms with Crippen LogP contribution in [0.3, 0.4) is 0 Å². The van der Waals surface area contributed by atoms with Crippen LogP contribution in [0, 0.1) is 0 Å². The van der Waals surface area contributed by atoms with Crippen LogP contribution in [0.5, 0.6) is 0 Å². The Morgan fingerprint density at radius 1 is 0.875 bits per heavy atom. The molecular weight excluding hydrogens is 332 g/mol. The van der Waals surface area contributed by atoms with Gasteiger partial charge in [0.15, 0.2) is 12.1 Å². The average molecular weight is 356 g/mol. The zero-order valence-electron chi connectivity index (χ0n) is 12.9. The largest absolute Gasteiger partial charge is 0.394 e. The molecule has 24 heavy (non-hydrogen) atoms. The fourth-order valence-electron chi connectivity index (χ4n) is 2.70. The van der Waals surface area contributed by atoms with E-state index in [1.165, 1.54) is 0 Å². The van der Waals surface area contributed by atoms with E-state index in [1.54, 1.807) is 0 Å². The third-order valence-corrected chi connectivity index (χ3v) is 4.27. The maximum atomic E-state index is 9.87. The predicted octanol–water partition coefficient (Wildman–Crippen LogP) is -5.01. The summed E-state index contributed by atoms with van der Waals surface area (Å²) in [5.74, 6) is -2.14. The molecule has 2 aliphatic heterocycles. The summed E-state index contributed by atoms with van der Waals surface area (Å²) in [5, 5.41) is 77.3. The van der Waals surface area contributed by atoms with Gasteiger partial charge in [-0.05, 0) is 6.92 Å². The Morgan fingerprint density at radius 2 is 1.46 bits per heavy atom. The van der Waals surface area contributed by atoms with E-state index in [2.05, 4.69) is 0 Å². The molecule has 2 rings (SSSR count). The summed E-state index contributed by atoms with van der Waals surface area (Å²) in [6.45, 7) is -0.0234. The molecule has 8 N–H and O–H groups in total. The minimum absolute atomic E-state index is 0.482. The van der Waals surface area contributed by atoms with E-state index >= 15 is 0 Å². The van der Waals surface area contributed by atoms with Gasteiger partial charge < -0.3 is 55.1 Å². The van der Waals surface area contributed by atoms with Gasteiger partial charge in [-0.15, -0.1) is 0 Å². The van der Waals surface area contributed by atoms with E-state index in [4.69, 9.17) is 19.3 Å². The predicted molar refractivity (Wildman–Crippen MR) is 73.2 cm³/mol. The minimum Gasteiger partial charge on any atom is -0.394 e. The molecule has 2 heterocycles. The highest BCUT2D eigenvalue weighted by molar-refractivity contribution is 4.94. The van der Waals surface area contributed by atoms with Gasteiger partial charge in [0, 0.05) is 0 Å². The molecule has 0 aliphatic carbocycles. The van der Waals surface area contributed by atoms with Crippen LogP contribution in [-0.2, 0) is 14.2 Å². The fraction of sp³-hybridized carbons (Fsp3) is 1.00. The number of aliphatic hydroxyl groups excluding tert-OH is 7. The molecule has 0 aromatic rings. The monoisotopic (exact) mass is 356 g/mol. The van der Waals surface area contributed by atoms with Gasteiger partial charge in [-0.3, -0.25) is 0 Å². The molecule has 2 aliphatic rings. The number of hydrogen-bond donors (Lipinski definition) is 8. The van der Waals surface area contributed by atoms with E-state index in [0.29, 0.717) is 0 Å². The van der Waals surface area contributed by atoms with Crippen molar-refractivity contribution >= 4 is 0 Å². The van der Waals surface area contributed by atoms with Crippen LogP contribution in [0.4, 0.5) is 0 Å². The quantitative estimate of drug-likeness (QED) is 0.241. The van der Waals surface area contributed by atoms with Crippen molar-refractivity contribution in [2.45, 2.75) is 67.8 Å². The molecule has 0 saturated carbocycles. The second kappa shape index (κ2) is 7.43. The van der Waals surface area contributed by atoms with Gasteiger partial charge in [0.2, 0.25) is 0 Å². The lowest BCUT2D eigenvalue weighted by molar-refractivity contribution is -0.356. The molecule has 11 heteroatoms. The maximum absolute atomic E-state index is 9.87. The van der Waals surface area contributed by atoms with Gasteiger partial charge in [0.05, 0.1) is 13.2 Å². The Kier molecular flexibility index (Phi) is 6.16. The van der Waals surface area contributed by atoms with Crippen molar-refractivity contribution < 1.29 is 55.1 Å². The van der Waals surface area contributed by atoms with E-state index in [1.807, 2.05) is 0 Å². The lowest BCUT2D eigenvalue weighted by Crippen LogP contribution is -2.64. The molecule has 0 spiro atoms. The number of ether oxygens (including phenoxy) is 3. The molecule has 142 valence electrons. The molecule has 0 bridgehead atoms. The Bertz CT molecular complexity index is 417. The van der Waals surface area contributed by atoms with Crippen LogP contribution >= 0.6 is 0 Å². The second-order valence-electron chi connectivity index (χ2n) is 6.17. The Morgan fingerprint density at radius 3 is 2.04 bits per heavy atom. The Balaban J connectivity index is 1.99. The van der Waals surface area contributed by atoms with E-state index in [0.717, 1.165) is 6.92 Å². The third kappa shape index (κ3) is 3.71. The fourth-order valence-corrected chi connectivity index (χ4v) is 2.70. The van der Waals surface area contributed by atoms with Crippen molar-refractivity contribution in [3.05, 3.63) is 0 Å². The molecule has 10 atom stereocenters. The standard InChI is InChI=1S/C13H24O11/c1-13(21)11(20)9(18)7(16)5(24-13)3-22-12-10(19)8(17)6(15)4(2-14)23-12/h4-12,14-21H,2-3H2,1H3/t4-,5-,6-,7-,8+,9+,10-,11-,12+,13-/m1/s1. The zero-order chi connectivity index (χ0) is 18.2. The number of aliphatic hydroxyl groups is 8. The second-order valence-corrected chi connectivity index (χ2v) is 6.17. The summed E-state index contributed by atoms with van der Waals surface area (Å²) in [4.78, 5) is 0. The normalized spacial score (nSPS) is 53.1. The van der Waals surface area contributed by atoms with Gasteiger partial charge in [-0.1, -0.05) is 0 Å². The zero-order valence-corrected chi connectivity index (χ0v) is 12.9. The minimum atomic E-state index is -2.14. The van der Waals surface area contributed by atoms with Gasteiger partial charge in [0.25, 0.3) is 0 Å². The smallest absolute Gasteiger partial charge is 0.192 e. The first-order chi connectivity index (χ1) is 11.1. The molecule has 2 fully saturated rings. The van der Waals surface area contributed by atoms with Crippen molar-refractivity contribution in [2.24, 2.45) is 0 Å². The SMILES string of the molecule is C[C@@]1(O)O[C@H](CO[C@H]2O[C@H](CO)[C@@H](O)[C@H](O)[C@H]2O)[C@@H](O)[C@H](O)[C@H]1O.